The molecule has 41 valence electrons. The Bertz CT molecular complexity index is 165. The van der Waals surface area contributed by atoms with Crippen molar-refractivity contribution >= 4 is 5.78 Å². The van der Waals surface area contributed by atoms with Gasteiger partial charge in [0.25, 0.3) is 0 Å². The average molecular weight is 109 g/mol. The SMILES string of the molecule is O=C1CC=C[C]=C1O. The molecule has 0 saturated heterocycles. The molecule has 0 heterocycles. The van der Waals surface area contributed by atoms with Gasteiger partial charge in [-0.25, -0.2) is 0 Å². The second kappa shape index (κ2) is 1.82. The van der Waals surface area contributed by atoms with Crippen LogP contribution in [0.5, 0.6) is 0 Å². The lowest BCUT2D eigenvalue weighted by atomic mass is 10.1. The van der Waals surface area contributed by atoms with Crippen molar-refractivity contribution in [1.82, 2.24) is 0 Å². The first-order chi connectivity index (χ1) is 3.80. The molecule has 0 amide bonds. The molecule has 0 spiro atoms. The molecule has 0 aromatic heterocycles. The summed E-state index contributed by atoms with van der Waals surface area (Å²) in [6.07, 6.45) is 5.87. The molecule has 0 saturated carbocycles. The van der Waals surface area contributed by atoms with Crippen LogP contribution >= 0.6 is 0 Å². The van der Waals surface area contributed by atoms with E-state index in [0.29, 0.717) is 6.42 Å². The quantitative estimate of drug-likeness (QED) is 0.498. The maximum atomic E-state index is 10.4. The molecular formula is C6H5O2. The molecule has 0 bridgehead atoms. The Hall–Kier alpha value is -1.05. The van der Waals surface area contributed by atoms with Crippen LogP contribution in [0.1, 0.15) is 6.42 Å². The van der Waals surface area contributed by atoms with Gasteiger partial charge in [0.05, 0.1) is 0 Å². The standard InChI is InChI=1S/C6H5O2/c7-5-3-1-2-4-6(5)8/h1-2,8H,3H2. The van der Waals surface area contributed by atoms with Crippen molar-refractivity contribution in [3.8, 4) is 0 Å². The summed E-state index contributed by atoms with van der Waals surface area (Å²) in [6, 6.07) is 0. The monoisotopic (exact) mass is 109 g/mol. The third-order valence-corrected chi connectivity index (χ3v) is 0.905. The molecule has 0 fully saturated rings. The number of ketones is 1. The zero-order valence-electron chi connectivity index (χ0n) is 4.22. The van der Waals surface area contributed by atoms with Crippen LogP contribution in [0, 0.1) is 6.08 Å². The number of hydrogen-bond donors (Lipinski definition) is 1. The summed E-state index contributed by atoms with van der Waals surface area (Å²) < 4.78 is 0. The number of aliphatic hydroxyl groups is 1. The second-order valence-corrected chi connectivity index (χ2v) is 1.52. The Kier molecular flexibility index (Phi) is 1.16. The van der Waals surface area contributed by atoms with Gasteiger partial charge < -0.3 is 5.11 Å². The molecule has 0 aliphatic heterocycles. The van der Waals surface area contributed by atoms with Gasteiger partial charge in [0, 0.05) is 12.5 Å². The fourth-order valence-corrected chi connectivity index (χ4v) is 0.481. The van der Waals surface area contributed by atoms with E-state index in [2.05, 4.69) is 6.08 Å². The highest BCUT2D eigenvalue weighted by atomic mass is 16.3. The molecule has 2 nitrogen and oxygen atoms in total. The summed E-state index contributed by atoms with van der Waals surface area (Å²) in [5.41, 5.74) is 0. The Morgan fingerprint density at radius 3 is 2.88 bits per heavy atom. The fourth-order valence-electron chi connectivity index (χ4n) is 0.481. The summed E-state index contributed by atoms with van der Waals surface area (Å²) in [7, 11) is 0. The van der Waals surface area contributed by atoms with Crippen LogP contribution < -0.4 is 0 Å². The number of rotatable bonds is 0. The van der Waals surface area contributed by atoms with Gasteiger partial charge in [-0.3, -0.25) is 4.79 Å². The Balaban J connectivity index is 2.80. The molecule has 1 radical (unpaired) electrons. The van der Waals surface area contributed by atoms with Gasteiger partial charge in [0.15, 0.2) is 5.76 Å². The minimum Gasteiger partial charge on any atom is -0.504 e. The third-order valence-electron chi connectivity index (χ3n) is 0.905. The molecule has 0 unspecified atom stereocenters. The highest BCUT2D eigenvalue weighted by molar-refractivity contribution is 5.94. The minimum absolute atomic E-state index is 0.257. The zero-order chi connectivity index (χ0) is 5.98. The number of carbonyl (C=O) groups excluding carboxylic acids is 1. The average Bonchev–Trinajstić information content (AvgIpc) is 1.77. The normalized spacial score (nSPS) is 18.5. The number of allylic oxidation sites excluding steroid dienone is 4. The van der Waals surface area contributed by atoms with Gasteiger partial charge in [0.2, 0.25) is 5.78 Å². The Morgan fingerprint density at radius 1 is 1.75 bits per heavy atom. The van der Waals surface area contributed by atoms with E-state index in [1.807, 2.05) is 0 Å². The molecule has 8 heavy (non-hydrogen) atoms. The van der Waals surface area contributed by atoms with Gasteiger partial charge >= 0.3 is 0 Å². The van der Waals surface area contributed by atoms with Crippen LogP contribution in [-0.2, 0) is 4.79 Å². The molecule has 0 aromatic carbocycles. The Labute approximate surface area is 47.1 Å². The van der Waals surface area contributed by atoms with Gasteiger partial charge in [-0.1, -0.05) is 12.2 Å². The highest BCUT2D eigenvalue weighted by Crippen LogP contribution is 2.01. The summed E-state index contributed by atoms with van der Waals surface area (Å²) >= 11 is 0. The first-order valence-corrected chi connectivity index (χ1v) is 2.31. The van der Waals surface area contributed by atoms with Crippen molar-refractivity contribution in [2.75, 3.05) is 0 Å². The lowest BCUT2D eigenvalue weighted by Crippen LogP contribution is -2.02. The van der Waals surface area contributed by atoms with Crippen LogP contribution in [0.25, 0.3) is 0 Å². The van der Waals surface area contributed by atoms with E-state index >= 15 is 0 Å². The fraction of sp³-hybridized carbons (Fsp3) is 0.167. The second-order valence-electron chi connectivity index (χ2n) is 1.52. The lowest BCUT2D eigenvalue weighted by Gasteiger charge is -1.96. The molecule has 0 aromatic rings. The van der Waals surface area contributed by atoms with E-state index in [4.69, 9.17) is 5.11 Å². The van der Waals surface area contributed by atoms with E-state index in [0.717, 1.165) is 0 Å². The first kappa shape index (κ1) is 5.09. The van der Waals surface area contributed by atoms with Gasteiger partial charge in [-0.05, 0) is 0 Å². The van der Waals surface area contributed by atoms with Crippen molar-refractivity contribution in [2.45, 2.75) is 6.42 Å². The number of Topliss-reactive ketones (excluding diaryl/α,β-unsaturated/α-hetero) is 1. The molecule has 0 atom stereocenters. The van der Waals surface area contributed by atoms with E-state index in [1.165, 1.54) is 6.08 Å². The van der Waals surface area contributed by atoms with Crippen molar-refractivity contribution in [2.24, 2.45) is 0 Å². The van der Waals surface area contributed by atoms with Gasteiger partial charge in [-0.2, -0.15) is 0 Å². The smallest absolute Gasteiger partial charge is 0.201 e. The number of carbonyl (C=O) groups is 1. The van der Waals surface area contributed by atoms with E-state index in [1.54, 1.807) is 6.08 Å². The van der Waals surface area contributed by atoms with E-state index < -0.39 is 0 Å². The van der Waals surface area contributed by atoms with E-state index in [9.17, 15) is 4.79 Å². The van der Waals surface area contributed by atoms with E-state index in [-0.39, 0.29) is 11.5 Å². The predicted octanol–water partition coefficient (Wildman–Crippen LogP) is 0.760. The molecule has 1 aliphatic carbocycles. The van der Waals surface area contributed by atoms with Crippen LogP contribution in [-0.4, -0.2) is 10.9 Å². The first-order valence-electron chi connectivity index (χ1n) is 2.31. The highest BCUT2D eigenvalue weighted by Gasteiger charge is 2.06. The van der Waals surface area contributed by atoms with Gasteiger partial charge in [-0.15, -0.1) is 0 Å². The summed E-state index contributed by atoms with van der Waals surface area (Å²) in [5.74, 6) is -0.514. The van der Waals surface area contributed by atoms with Crippen LogP contribution in [0.3, 0.4) is 0 Å². The maximum absolute atomic E-state index is 10.4. The maximum Gasteiger partial charge on any atom is 0.201 e. The molecule has 1 N–H and O–H groups in total. The summed E-state index contributed by atoms with van der Waals surface area (Å²) in [6.45, 7) is 0. The van der Waals surface area contributed by atoms with Crippen molar-refractivity contribution < 1.29 is 9.90 Å². The van der Waals surface area contributed by atoms with Crippen LogP contribution in [0.15, 0.2) is 17.9 Å². The van der Waals surface area contributed by atoms with Crippen molar-refractivity contribution in [3.05, 3.63) is 24.0 Å². The lowest BCUT2D eigenvalue weighted by molar-refractivity contribution is -0.117. The number of hydrogen-bond acceptors (Lipinski definition) is 2. The molecule has 1 aliphatic rings. The molecule has 2 heteroatoms. The van der Waals surface area contributed by atoms with Crippen LogP contribution in [0.4, 0.5) is 0 Å². The largest absolute Gasteiger partial charge is 0.504 e. The van der Waals surface area contributed by atoms with Crippen LogP contribution in [0.2, 0.25) is 0 Å². The number of aliphatic hydroxyl groups excluding tert-OH is 1. The predicted molar refractivity (Wildman–Crippen MR) is 28.1 cm³/mol. The summed E-state index contributed by atoms with van der Waals surface area (Å²) in [5, 5.41) is 8.58. The van der Waals surface area contributed by atoms with Gasteiger partial charge in [0.1, 0.15) is 0 Å². The third kappa shape index (κ3) is 0.780. The minimum atomic E-state index is -0.257. The Morgan fingerprint density at radius 2 is 2.50 bits per heavy atom. The topological polar surface area (TPSA) is 37.3 Å². The van der Waals surface area contributed by atoms with Crippen molar-refractivity contribution in [1.29, 1.82) is 0 Å². The van der Waals surface area contributed by atoms with Crippen molar-refractivity contribution in [3.63, 3.8) is 0 Å². The molecular weight excluding hydrogens is 104 g/mol. The summed E-state index contributed by atoms with van der Waals surface area (Å²) in [4.78, 5) is 10.4. The zero-order valence-corrected chi connectivity index (χ0v) is 4.22. The molecule has 1 rings (SSSR count).